The second-order valence-electron chi connectivity index (χ2n) is 8.10. The maximum atomic E-state index is 2.62. The Hall–Kier alpha value is -2.57. The van der Waals surface area contributed by atoms with Gasteiger partial charge in [0, 0.05) is 17.1 Å². The highest BCUT2D eigenvalue weighted by Gasteiger charge is 2.30. The number of rotatable bonds is 6. The number of anilines is 2. The minimum absolute atomic E-state index is 0.423. The molecule has 0 bridgehead atoms. The molecule has 0 saturated carbocycles. The van der Waals surface area contributed by atoms with Crippen molar-refractivity contribution in [2.75, 3.05) is 18.2 Å². The highest BCUT2D eigenvalue weighted by atomic mass is 31.1. The van der Waals surface area contributed by atoms with E-state index in [2.05, 4.69) is 115 Å². The van der Waals surface area contributed by atoms with Gasteiger partial charge in [-0.05, 0) is 69.0 Å². The lowest BCUT2D eigenvalue weighted by molar-refractivity contribution is 0.305. The Kier molecular flexibility index (Phi) is 6.55. The third kappa shape index (κ3) is 4.60. The molecule has 4 rings (SSSR count). The number of aryl methyl sites for hydroxylation is 2. The third-order valence-electron chi connectivity index (χ3n) is 5.90. The summed E-state index contributed by atoms with van der Waals surface area (Å²) < 4.78 is 0. The second kappa shape index (κ2) is 9.49. The maximum absolute atomic E-state index is 2.62. The second-order valence-corrected chi connectivity index (χ2v) is 8.97. The van der Waals surface area contributed by atoms with Crippen LogP contribution in [0.5, 0.6) is 0 Å². The van der Waals surface area contributed by atoms with Crippen LogP contribution >= 0.6 is 8.58 Å². The molecule has 2 atom stereocenters. The van der Waals surface area contributed by atoms with Crippen molar-refractivity contribution in [3.8, 4) is 0 Å². The van der Waals surface area contributed by atoms with E-state index in [0.29, 0.717) is 6.04 Å². The molecule has 1 saturated heterocycles. The lowest BCUT2D eigenvalue weighted by Crippen LogP contribution is -2.34. The predicted molar refractivity (Wildman–Crippen MR) is 132 cm³/mol. The third-order valence-corrected chi connectivity index (χ3v) is 6.52. The molecule has 1 heterocycles. The molecule has 0 aromatic heterocycles. The van der Waals surface area contributed by atoms with Crippen molar-refractivity contribution in [2.45, 2.75) is 32.7 Å². The SMILES string of the molecule is CP/C=C1\CCC(c2ccccc2)N1CN(c1ccc(C)cc1)c1ccc(C)cc1. The summed E-state index contributed by atoms with van der Waals surface area (Å²) in [7, 11) is 0.829. The molecule has 3 aromatic carbocycles. The Morgan fingerprint density at radius 3 is 1.97 bits per heavy atom. The van der Waals surface area contributed by atoms with Crippen LogP contribution in [0.15, 0.2) is 90.4 Å². The molecule has 154 valence electrons. The van der Waals surface area contributed by atoms with Gasteiger partial charge in [0.2, 0.25) is 0 Å². The summed E-state index contributed by atoms with van der Waals surface area (Å²) in [4.78, 5) is 5.07. The topological polar surface area (TPSA) is 6.48 Å². The fourth-order valence-electron chi connectivity index (χ4n) is 4.23. The summed E-state index contributed by atoms with van der Waals surface area (Å²) in [6.45, 7) is 7.41. The summed E-state index contributed by atoms with van der Waals surface area (Å²) in [6, 6.07) is 29.2. The van der Waals surface area contributed by atoms with Gasteiger partial charge < -0.3 is 9.80 Å². The van der Waals surface area contributed by atoms with E-state index in [0.717, 1.165) is 21.7 Å². The van der Waals surface area contributed by atoms with Crippen LogP contribution in [-0.4, -0.2) is 18.2 Å². The molecule has 1 aliphatic rings. The van der Waals surface area contributed by atoms with Crippen molar-refractivity contribution >= 4 is 20.0 Å². The number of hydrogen-bond donors (Lipinski definition) is 0. The fraction of sp³-hybridized carbons (Fsp3) is 0.259. The predicted octanol–water partition coefficient (Wildman–Crippen LogP) is 7.39. The molecular formula is C27H31N2P. The number of nitrogens with zero attached hydrogens (tertiary/aromatic N) is 2. The number of hydrogen-bond acceptors (Lipinski definition) is 2. The van der Waals surface area contributed by atoms with Gasteiger partial charge in [-0.15, -0.1) is 0 Å². The zero-order valence-electron chi connectivity index (χ0n) is 18.2. The summed E-state index contributed by atoms with van der Waals surface area (Å²) in [5.74, 6) is 2.44. The van der Waals surface area contributed by atoms with Crippen LogP contribution in [-0.2, 0) is 0 Å². The summed E-state index contributed by atoms with van der Waals surface area (Å²) in [5.41, 5.74) is 7.95. The molecule has 1 aliphatic heterocycles. The first kappa shape index (κ1) is 20.7. The smallest absolute Gasteiger partial charge is 0.0954 e. The highest BCUT2D eigenvalue weighted by molar-refractivity contribution is 7.40. The van der Waals surface area contributed by atoms with Crippen LogP contribution in [0.1, 0.15) is 35.6 Å². The Morgan fingerprint density at radius 2 is 1.43 bits per heavy atom. The van der Waals surface area contributed by atoms with Gasteiger partial charge in [-0.1, -0.05) is 74.3 Å². The quantitative estimate of drug-likeness (QED) is 0.388. The molecule has 0 radical (unpaired) electrons. The minimum atomic E-state index is 0.423. The van der Waals surface area contributed by atoms with Crippen molar-refractivity contribution in [1.82, 2.24) is 4.90 Å². The van der Waals surface area contributed by atoms with Crippen LogP contribution in [0.4, 0.5) is 11.4 Å². The molecule has 0 aliphatic carbocycles. The Labute approximate surface area is 183 Å². The van der Waals surface area contributed by atoms with Crippen LogP contribution in [0, 0.1) is 13.8 Å². The molecule has 1 fully saturated rings. The first-order valence-corrected chi connectivity index (χ1v) is 12.3. The standard InChI is InChI=1S/C27H31N2P/c1-21-9-13-24(14-10-21)28(25-15-11-22(2)12-16-25)20-29-26(19-30-3)17-18-27(29)23-7-5-4-6-8-23/h4-16,19,27,30H,17-18,20H2,1-3H3/b26-19+. The molecule has 0 N–H and O–H groups in total. The highest BCUT2D eigenvalue weighted by Crippen LogP contribution is 2.41. The summed E-state index contributed by atoms with van der Waals surface area (Å²) >= 11 is 0. The first-order chi connectivity index (χ1) is 14.7. The van der Waals surface area contributed by atoms with E-state index < -0.39 is 0 Å². The number of benzene rings is 3. The zero-order valence-corrected chi connectivity index (χ0v) is 19.2. The largest absolute Gasteiger partial charge is 0.350 e. The lowest BCUT2D eigenvalue weighted by Gasteiger charge is -2.36. The van der Waals surface area contributed by atoms with Crippen molar-refractivity contribution < 1.29 is 0 Å². The monoisotopic (exact) mass is 414 g/mol. The Morgan fingerprint density at radius 1 is 0.867 bits per heavy atom. The van der Waals surface area contributed by atoms with Gasteiger partial charge in [-0.2, -0.15) is 0 Å². The molecule has 30 heavy (non-hydrogen) atoms. The van der Waals surface area contributed by atoms with Crippen molar-refractivity contribution in [3.63, 3.8) is 0 Å². The van der Waals surface area contributed by atoms with Gasteiger partial charge >= 0.3 is 0 Å². The van der Waals surface area contributed by atoms with E-state index >= 15 is 0 Å². The average molecular weight is 415 g/mol. The molecule has 2 nitrogen and oxygen atoms in total. The van der Waals surface area contributed by atoms with Crippen LogP contribution in [0.3, 0.4) is 0 Å². The van der Waals surface area contributed by atoms with Gasteiger partial charge in [0.1, 0.15) is 0 Å². The molecule has 3 heteroatoms. The van der Waals surface area contributed by atoms with E-state index in [9.17, 15) is 0 Å². The van der Waals surface area contributed by atoms with E-state index in [4.69, 9.17) is 0 Å². The van der Waals surface area contributed by atoms with Crippen molar-refractivity contribution in [2.24, 2.45) is 0 Å². The van der Waals surface area contributed by atoms with E-state index in [-0.39, 0.29) is 0 Å². The molecule has 3 aromatic rings. The van der Waals surface area contributed by atoms with Crippen LogP contribution < -0.4 is 4.90 Å². The van der Waals surface area contributed by atoms with Crippen molar-refractivity contribution in [3.05, 3.63) is 107 Å². The first-order valence-electron chi connectivity index (χ1n) is 10.7. The molecule has 0 spiro atoms. The Bertz CT molecular complexity index is 932. The number of allylic oxidation sites excluding steroid dienone is 1. The minimum Gasteiger partial charge on any atom is -0.350 e. The van der Waals surface area contributed by atoms with Crippen molar-refractivity contribution in [1.29, 1.82) is 0 Å². The molecule has 0 amide bonds. The Balaban J connectivity index is 1.72. The van der Waals surface area contributed by atoms with Gasteiger partial charge in [-0.3, -0.25) is 0 Å². The average Bonchev–Trinajstić information content (AvgIpc) is 3.17. The summed E-state index contributed by atoms with van der Waals surface area (Å²) in [6.07, 6.45) is 2.33. The van der Waals surface area contributed by atoms with Crippen LogP contribution in [0.2, 0.25) is 0 Å². The molecular weight excluding hydrogens is 383 g/mol. The van der Waals surface area contributed by atoms with E-state index in [1.165, 1.54) is 40.2 Å². The van der Waals surface area contributed by atoms with Gasteiger partial charge in [0.25, 0.3) is 0 Å². The fourth-order valence-corrected chi connectivity index (χ4v) is 4.87. The zero-order chi connectivity index (χ0) is 20.9. The summed E-state index contributed by atoms with van der Waals surface area (Å²) in [5, 5.41) is 0. The van der Waals surface area contributed by atoms with E-state index in [1.54, 1.807) is 0 Å². The lowest BCUT2D eigenvalue weighted by atomic mass is 10.1. The van der Waals surface area contributed by atoms with E-state index in [1.807, 2.05) is 0 Å². The van der Waals surface area contributed by atoms with Gasteiger partial charge in [0.15, 0.2) is 0 Å². The van der Waals surface area contributed by atoms with Crippen LogP contribution in [0.25, 0.3) is 0 Å². The van der Waals surface area contributed by atoms with Gasteiger partial charge in [-0.25, -0.2) is 0 Å². The number of likely N-dealkylation sites (tertiary alicyclic amines) is 1. The normalized spacial score (nSPS) is 17.9. The van der Waals surface area contributed by atoms with Gasteiger partial charge in [0.05, 0.1) is 12.7 Å². The maximum Gasteiger partial charge on any atom is 0.0954 e. The molecule has 2 unspecified atom stereocenters.